The van der Waals surface area contributed by atoms with E-state index in [1.807, 2.05) is 49.4 Å². The fourth-order valence-corrected chi connectivity index (χ4v) is 3.20. The Balaban J connectivity index is 1.74. The summed E-state index contributed by atoms with van der Waals surface area (Å²) in [4.78, 5) is 4.72. The van der Waals surface area contributed by atoms with Crippen LogP contribution < -0.4 is 5.32 Å². The topological polar surface area (TPSA) is 70.9 Å². The second-order valence-corrected chi connectivity index (χ2v) is 6.29. The lowest BCUT2D eigenvalue weighted by Crippen LogP contribution is -2.00. The SMILES string of the molecule is Cc1nn2c(nc(Nc3ccc4[nH]ncc4c3)c3ccccc32)c1Cl. The van der Waals surface area contributed by atoms with Gasteiger partial charge in [-0.05, 0) is 37.3 Å². The summed E-state index contributed by atoms with van der Waals surface area (Å²) in [5.74, 6) is 0.743. The summed E-state index contributed by atoms with van der Waals surface area (Å²) in [5, 5.41) is 17.5. The molecule has 122 valence electrons. The molecule has 0 atom stereocenters. The average molecular weight is 349 g/mol. The van der Waals surface area contributed by atoms with Crippen LogP contribution in [0.25, 0.3) is 27.5 Å². The van der Waals surface area contributed by atoms with Gasteiger partial charge in [0.1, 0.15) is 10.8 Å². The molecule has 7 heteroatoms. The van der Waals surface area contributed by atoms with Crippen molar-refractivity contribution in [3.8, 4) is 0 Å². The van der Waals surface area contributed by atoms with E-state index in [9.17, 15) is 0 Å². The molecule has 25 heavy (non-hydrogen) atoms. The maximum atomic E-state index is 6.39. The lowest BCUT2D eigenvalue weighted by molar-refractivity contribution is 0.957. The third-order valence-electron chi connectivity index (χ3n) is 4.27. The van der Waals surface area contributed by atoms with Crippen molar-refractivity contribution in [1.29, 1.82) is 0 Å². The van der Waals surface area contributed by atoms with Crippen molar-refractivity contribution in [3.63, 3.8) is 0 Å². The zero-order chi connectivity index (χ0) is 17.0. The third kappa shape index (κ3) is 2.15. The molecule has 0 bridgehead atoms. The van der Waals surface area contributed by atoms with Gasteiger partial charge in [0, 0.05) is 16.5 Å². The van der Waals surface area contributed by atoms with Crippen LogP contribution in [0, 0.1) is 6.92 Å². The van der Waals surface area contributed by atoms with Crippen molar-refractivity contribution in [1.82, 2.24) is 24.8 Å². The molecule has 2 aromatic carbocycles. The van der Waals surface area contributed by atoms with E-state index in [0.717, 1.165) is 39.0 Å². The van der Waals surface area contributed by atoms with Crippen LogP contribution in [0.5, 0.6) is 0 Å². The molecule has 0 saturated heterocycles. The Hall–Kier alpha value is -3.12. The van der Waals surface area contributed by atoms with E-state index in [1.165, 1.54) is 0 Å². The van der Waals surface area contributed by atoms with E-state index in [-0.39, 0.29) is 0 Å². The molecule has 2 N–H and O–H groups in total. The molecular weight excluding hydrogens is 336 g/mol. The minimum absolute atomic E-state index is 0.569. The molecule has 0 saturated carbocycles. The molecule has 3 heterocycles. The number of rotatable bonds is 2. The van der Waals surface area contributed by atoms with Gasteiger partial charge in [-0.25, -0.2) is 9.50 Å². The van der Waals surface area contributed by atoms with Crippen molar-refractivity contribution < 1.29 is 0 Å². The summed E-state index contributed by atoms with van der Waals surface area (Å²) in [6.45, 7) is 1.88. The minimum atomic E-state index is 0.569. The summed E-state index contributed by atoms with van der Waals surface area (Å²) in [5.41, 5.74) is 4.28. The summed E-state index contributed by atoms with van der Waals surface area (Å²) in [7, 11) is 0. The second kappa shape index (κ2) is 5.19. The molecule has 0 unspecified atom stereocenters. The molecule has 0 radical (unpaired) electrons. The second-order valence-electron chi connectivity index (χ2n) is 5.91. The van der Waals surface area contributed by atoms with Crippen molar-refractivity contribution in [2.24, 2.45) is 0 Å². The van der Waals surface area contributed by atoms with Crippen LogP contribution in [0.15, 0.2) is 48.7 Å². The van der Waals surface area contributed by atoms with E-state index < -0.39 is 0 Å². The van der Waals surface area contributed by atoms with Gasteiger partial charge in [-0.3, -0.25) is 5.10 Å². The molecule has 0 aliphatic carbocycles. The number of hydrogen-bond donors (Lipinski definition) is 2. The van der Waals surface area contributed by atoms with Crippen molar-refractivity contribution >= 4 is 50.6 Å². The van der Waals surface area contributed by atoms with Crippen LogP contribution in [0.4, 0.5) is 11.5 Å². The van der Waals surface area contributed by atoms with Crippen molar-refractivity contribution in [3.05, 3.63) is 59.4 Å². The molecule has 0 aliphatic rings. The smallest absolute Gasteiger partial charge is 0.176 e. The molecule has 0 amide bonds. The van der Waals surface area contributed by atoms with Gasteiger partial charge < -0.3 is 5.32 Å². The lowest BCUT2D eigenvalue weighted by Gasteiger charge is -2.10. The highest BCUT2D eigenvalue weighted by atomic mass is 35.5. The van der Waals surface area contributed by atoms with Crippen LogP contribution in [0.1, 0.15) is 5.69 Å². The minimum Gasteiger partial charge on any atom is -0.340 e. The number of nitrogens with one attached hydrogen (secondary N) is 2. The monoisotopic (exact) mass is 348 g/mol. The zero-order valence-corrected chi connectivity index (χ0v) is 14.0. The van der Waals surface area contributed by atoms with Gasteiger partial charge in [0.05, 0.1) is 22.9 Å². The molecule has 0 fully saturated rings. The average Bonchev–Trinajstić information content (AvgIpc) is 3.21. The van der Waals surface area contributed by atoms with Crippen LogP contribution >= 0.6 is 11.6 Å². The number of hydrogen-bond acceptors (Lipinski definition) is 4. The van der Waals surface area contributed by atoms with E-state index >= 15 is 0 Å². The van der Waals surface area contributed by atoms with E-state index in [2.05, 4.69) is 20.6 Å². The Morgan fingerprint density at radius 1 is 1.16 bits per heavy atom. The summed E-state index contributed by atoms with van der Waals surface area (Å²) in [6.07, 6.45) is 1.80. The van der Waals surface area contributed by atoms with Crippen molar-refractivity contribution in [2.45, 2.75) is 6.92 Å². The number of nitrogens with zero attached hydrogens (tertiary/aromatic N) is 4. The van der Waals surface area contributed by atoms with Crippen LogP contribution in [-0.4, -0.2) is 24.8 Å². The van der Waals surface area contributed by atoms with E-state index in [4.69, 9.17) is 16.6 Å². The van der Waals surface area contributed by atoms with Gasteiger partial charge in [0.2, 0.25) is 0 Å². The number of aromatic amines is 1. The fourth-order valence-electron chi connectivity index (χ4n) is 3.04. The molecule has 5 aromatic rings. The number of fused-ring (bicyclic) bond motifs is 4. The maximum Gasteiger partial charge on any atom is 0.176 e. The number of benzene rings is 2. The predicted octanol–water partition coefficient (Wildman–Crippen LogP) is 4.46. The Kier molecular flexibility index (Phi) is 2.96. The third-order valence-corrected chi connectivity index (χ3v) is 4.72. The highest BCUT2D eigenvalue weighted by Gasteiger charge is 2.14. The van der Waals surface area contributed by atoms with E-state index in [0.29, 0.717) is 10.7 Å². The highest BCUT2D eigenvalue weighted by Crippen LogP contribution is 2.30. The van der Waals surface area contributed by atoms with Crippen LogP contribution in [0.3, 0.4) is 0 Å². The first-order chi connectivity index (χ1) is 12.2. The fraction of sp³-hybridized carbons (Fsp3) is 0.0556. The highest BCUT2D eigenvalue weighted by molar-refractivity contribution is 6.34. The number of H-pyrrole nitrogens is 1. The number of aromatic nitrogens is 5. The number of para-hydroxylation sites is 1. The zero-order valence-electron chi connectivity index (χ0n) is 13.3. The predicted molar refractivity (Wildman–Crippen MR) is 99.6 cm³/mol. The standard InChI is InChI=1S/C18H13ClN6/c1-10-16(19)18-22-17(13-4-2-3-5-15(13)25(18)24-10)21-12-6-7-14-11(8-12)9-20-23-14/h2-9H,1H3,(H,20,23)(H,21,22). The van der Waals surface area contributed by atoms with Crippen molar-refractivity contribution in [2.75, 3.05) is 5.32 Å². The van der Waals surface area contributed by atoms with Crippen LogP contribution in [0.2, 0.25) is 5.02 Å². The van der Waals surface area contributed by atoms with Crippen LogP contribution in [-0.2, 0) is 0 Å². The molecule has 6 nitrogen and oxygen atoms in total. The molecule has 0 spiro atoms. The van der Waals surface area contributed by atoms with Gasteiger partial charge in [-0.15, -0.1) is 0 Å². The van der Waals surface area contributed by atoms with Gasteiger partial charge in [0.25, 0.3) is 0 Å². The first kappa shape index (κ1) is 14.2. The van der Waals surface area contributed by atoms with Gasteiger partial charge >= 0.3 is 0 Å². The van der Waals surface area contributed by atoms with Gasteiger partial charge in [-0.2, -0.15) is 10.2 Å². The Bertz CT molecular complexity index is 1250. The summed E-state index contributed by atoms with van der Waals surface area (Å²) >= 11 is 6.39. The number of halogens is 1. The summed E-state index contributed by atoms with van der Waals surface area (Å²) in [6, 6.07) is 14.0. The number of anilines is 2. The maximum absolute atomic E-state index is 6.39. The quantitative estimate of drug-likeness (QED) is 0.494. The molecule has 3 aromatic heterocycles. The first-order valence-corrected chi connectivity index (χ1v) is 8.22. The van der Waals surface area contributed by atoms with E-state index in [1.54, 1.807) is 10.7 Å². The lowest BCUT2D eigenvalue weighted by atomic mass is 10.2. The Labute approximate surface area is 147 Å². The Morgan fingerprint density at radius 2 is 2.04 bits per heavy atom. The molecule has 5 rings (SSSR count). The first-order valence-electron chi connectivity index (χ1n) is 7.84. The molecule has 0 aliphatic heterocycles. The summed E-state index contributed by atoms with van der Waals surface area (Å²) < 4.78 is 1.79. The Morgan fingerprint density at radius 3 is 2.96 bits per heavy atom. The largest absolute Gasteiger partial charge is 0.340 e. The van der Waals surface area contributed by atoms with Gasteiger partial charge in [-0.1, -0.05) is 23.7 Å². The normalized spacial score (nSPS) is 11.6. The van der Waals surface area contributed by atoms with Gasteiger partial charge in [0.15, 0.2) is 5.65 Å². The molecular formula is C18H13ClN6. The number of aryl methyl sites for hydroxylation is 1.